The highest BCUT2D eigenvalue weighted by Gasteiger charge is 2.54. The lowest BCUT2D eigenvalue weighted by atomic mass is 10.9. The van der Waals surface area contributed by atoms with Crippen molar-refractivity contribution in [2.45, 2.75) is 6.92 Å². The van der Waals surface area contributed by atoms with Crippen molar-refractivity contribution in [3.8, 4) is 0 Å². The zero-order valence-electron chi connectivity index (χ0n) is 4.74. The van der Waals surface area contributed by atoms with E-state index in [0.717, 1.165) is 0 Å². The minimum atomic E-state index is -3.14. The van der Waals surface area contributed by atoms with Gasteiger partial charge in [-0.3, -0.25) is 0 Å². The Kier molecular flexibility index (Phi) is 2.58. The van der Waals surface area contributed by atoms with Crippen LogP contribution in [0, 0.1) is 0 Å². The van der Waals surface area contributed by atoms with E-state index < -0.39 is 22.1 Å². The van der Waals surface area contributed by atoms with Crippen LogP contribution in [0.15, 0.2) is 0 Å². The fraction of sp³-hybridized carbons (Fsp3) is 1.00. The molecule has 9 heavy (non-hydrogen) atoms. The van der Waals surface area contributed by atoms with Crippen LogP contribution in [0.25, 0.3) is 0 Å². The fourth-order valence-corrected chi connectivity index (χ4v) is 4.05. The summed E-state index contributed by atoms with van der Waals surface area (Å²) in [5.74, 6) is 0. The van der Waals surface area contributed by atoms with Crippen molar-refractivity contribution in [3.05, 3.63) is 0 Å². The first kappa shape index (κ1) is 8.03. The molecule has 0 aromatic carbocycles. The third-order valence-electron chi connectivity index (χ3n) is 0.727. The van der Waals surface area contributed by atoms with E-state index in [2.05, 4.69) is 7.15 Å². The number of rotatable bonds is 2. The molecule has 1 heterocycles. The third kappa shape index (κ3) is 2.21. The quantitative estimate of drug-likeness (QED) is 0.483. The SMILES string of the molecule is CC[O][Al]1[O]P(=O)(Cl)[O]1. The molecule has 4 nitrogen and oxygen atoms in total. The van der Waals surface area contributed by atoms with Gasteiger partial charge in [-0.25, -0.2) is 4.57 Å². The Morgan fingerprint density at radius 3 is 2.67 bits per heavy atom. The summed E-state index contributed by atoms with van der Waals surface area (Å²) in [7, 11) is 0. The monoisotopic (exact) mass is 186 g/mol. The molecule has 0 atom stereocenters. The van der Waals surface area contributed by atoms with E-state index in [4.69, 9.17) is 15.0 Å². The van der Waals surface area contributed by atoms with Gasteiger partial charge in [0.05, 0.1) is 0 Å². The smallest absolute Gasteiger partial charge is 0.454 e. The van der Waals surface area contributed by atoms with Gasteiger partial charge in [-0.15, -0.1) is 0 Å². The second-order valence-corrected chi connectivity index (χ2v) is 6.09. The molecule has 0 aliphatic carbocycles. The van der Waals surface area contributed by atoms with Crippen LogP contribution < -0.4 is 0 Å². The van der Waals surface area contributed by atoms with Crippen LogP contribution >= 0.6 is 18.2 Å². The number of hydrogen-bond acceptors (Lipinski definition) is 4. The maximum atomic E-state index is 10.4. The molecular formula is C2H5AlClO4P. The molecule has 0 aromatic rings. The van der Waals surface area contributed by atoms with Gasteiger partial charge in [0.2, 0.25) is 0 Å². The molecular weight excluding hydrogens is 181 g/mol. The molecule has 1 aliphatic heterocycles. The van der Waals surface area contributed by atoms with E-state index >= 15 is 0 Å². The Morgan fingerprint density at radius 1 is 1.78 bits per heavy atom. The Morgan fingerprint density at radius 2 is 2.33 bits per heavy atom. The Labute approximate surface area is 62.8 Å². The predicted octanol–water partition coefficient (Wildman–Crippen LogP) is 1.40. The summed E-state index contributed by atoms with van der Waals surface area (Å²) in [4.78, 5) is 0. The maximum absolute atomic E-state index is 10.4. The average molecular weight is 186 g/mol. The van der Waals surface area contributed by atoms with Crippen molar-refractivity contribution in [1.29, 1.82) is 0 Å². The molecule has 0 unspecified atom stereocenters. The van der Waals surface area contributed by atoms with E-state index in [1.54, 1.807) is 6.92 Å². The molecule has 0 saturated carbocycles. The molecule has 52 valence electrons. The molecule has 0 aromatic heterocycles. The van der Waals surface area contributed by atoms with E-state index in [1.165, 1.54) is 0 Å². The summed E-state index contributed by atoms with van der Waals surface area (Å²) in [6.45, 7) is -0.832. The van der Waals surface area contributed by atoms with Gasteiger partial charge < -0.3 is 10.9 Å². The summed E-state index contributed by atoms with van der Waals surface area (Å²) in [6.07, 6.45) is 0. The van der Waals surface area contributed by atoms with E-state index in [9.17, 15) is 4.57 Å². The summed E-state index contributed by atoms with van der Waals surface area (Å²) >= 11 is 3.08. The lowest BCUT2D eigenvalue weighted by molar-refractivity contribution is 0.157. The highest BCUT2D eigenvalue weighted by Crippen LogP contribution is 2.62. The highest BCUT2D eigenvalue weighted by molar-refractivity contribution is 7.84. The second-order valence-electron chi connectivity index (χ2n) is 1.39. The third-order valence-corrected chi connectivity index (χ3v) is 6.16. The lowest BCUT2D eigenvalue weighted by Gasteiger charge is -2.25. The molecule has 7 heteroatoms. The van der Waals surface area contributed by atoms with Crippen molar-refractivity contribution in [2.75, 3.05) is 6.61 Å². The Balaban J connectivity index is 2.19. The molecule has 1 rings (SSSR count). The minimum absolute atomic E-state index is 0.508. The highest BCUT2D eigenvalue weighted by atomic mass is 35.7. The van der Waals surface area contributed by atoms with Crippen molar-refractivity contribution in [2.24, 2.45) is 0 Å². The van der Waals surface area contributed by atoms with Crippen molar-refractivity contribution in [3.63, 3.8) is 0 Å². The van der Waals surface area contributed by atoms with Gasteiger partial charge in [0.1, 0.15) is 0 Å². The predicted molar refractivity (Wildman–Crippen MR) is 33.0 cm³/mol. The normalized spacial score (nSPS) is 23.6. The first-order valence-electron chi connectivity index (χ1n) is 2.42. The van der Waals surface area contributed by atoms with E-state index in [0.29, 0.717) is 6.61 Å². The molecule has 0 N–H and O–H groups in total. The van der Waals surface area contributed by atoms with Gasteiger partial charge in [0.25, 0.3) is 0 Å². The van der Waals surface area contributed by atoms with Gasteiger partial charge in [0.15, 0.2) is 0 Å². The van der Waals surface area contributed by atoms with Crippen LogP contribution in [0.2, 0.25) is 0 Å². The largest absolute Gasteiger partial charge is 0.921 e. The van der Waals surface area contributed by atoms with Gasteiger partial charge >= 0.3 is 22.1 Å². The Bertz CT molecular complexity index is 142. The van der Waals surface area contributed by atoms with E-state index in [1.807, 2.05) is 0 Å². The summed E-state index contributed by atoms with van der Waals surface area (Å²) in [6, 6.07) is 0. The van der Waals surface area contributed by atoms with Gasteiger partial charge in [-0.2, -0.15) is 0 Å². The molecule has 1 saturated heterocycles. The molecule has 0 bridgehead atoms. The van der Waals surface area contributed by atoms with Crippen molar-refractivity contribution < 1.29 is 15.5 Å². The van der Waals surface area contributed by atoms with Crippen molar-refractivity contribution >= 4 is 33.3 Å². The van der Waals surface area contributed by atoms with Gasteiger partial charge in [-0.05, 0) is 18.2 Å². The van der Waals surface area contributed by atoms with Crippen molar-refractivity contribution in [1.82, 2.24) is 0 Å². The fourth-order valence-electron chi connectivity index (χ4n) is 0.410. The lowest BCUT2D eigenvalue weighted by Crippen LogP contribution is -2.32. The zero-order chi connectivity index (χ0) is 6.91. The minimum Gasteiger partial charge on any atom is -0.454 e. The molecule has 0 radical (unpaired) electrons. The van der Waals surface area contributed by atoms with Crippen LogP contribution in [0.5, 0.6) is 0 Å². The molecule has 0 amide bonds. The summed E-state index contributed by atoms with van der Waals surface area (Å²) in [5.41, 5.74) is 0. The molecule has 1 aliphatic rings. The second kappa shape index (κ2) is 2.90. The molecule has 1 fully saturated rings. The van der Waals surface area contributed by atoms with Gasteiger partial charge in [-0.1, -0.05) is 0 Å². The van der Waals surface area contributed by atoms with Crippen LogP contribution in [0.1, 0.15) is 6.92 Å². The first-order valence-corrected chi connectivity index (χ1v) is 6.28. The number of halogens is 1. The van der Waals surface area contributed by atoms with Crippen LogP contribution in [-0.2, 0) is 15.5 Å². The first-order chi connectivity index (χ1) is 4.14. The summed E-state index contributed by atoms with van der Waals surface area (Å²) in [5, 5.41) is 0. The van der Waals surface area contributed by atoms with Crippen LogP contribution in [0.3, 0.4) is 0 Å². The van der Waals surface area contributed by atoms with Crippen LogP contribution in [-0.4, -0.2) is 21.8 Å². The molecule has 0 spiro atoms. The summed E-state index contributed by atoms with van der Waals surface area (Å²) < 4.78 is 24.4. The number of hydrogen-bond donors (Lipinski definition) is 0. The topological polar surface area (TPSA) is 44.8 Å². The Hall–Kier alpha value is 0.932. The van der Waals surface area contributed by atoms with Crippen LogP contribution in [0.4, 0.5) is 0 Å². The van der Waals surface area contributed by atoms with Gasteiger partial charge in [0, 0.05) is 6.61 Å². The zero-order valence-corrected chi connectivity index (χ0v) is 7.55. The van der Waals surface area contributed by atoms with E-state index in [-0.39, 0.29) is 0 Å². The standard InChI is InChI=1S/C2H5O.Al.ClH2O3P/c1-2-3;;1-5(2,3)4/h2H2,1H3;;(H2,2,3,4)/q-1;+3;/p-2. The maximum Gasteiger partial charge on any atom is 0.921 e. The average Bonchev–Trinajstić information content (AvgIpc) is 1.62.